The highest BCUT2D eigenvalue weighted by Gasteiger charge is 2.11. The SMILES string of the molecule is CCc1cccnc1CNc1ccc(N)cc1C(=O)O. The minimum Gasteiger partial charge on any atom is -0.478 e. The number of nitrogen functional groups attached to an aromatic ring is 1. The van der Waals surface area contributed by atoms with Crippen LogP contribution in [0.25, 0.3) is 0 Å². The molecule has 4 N–H and O–H groups in total. The second-order valence-corrected chi connectivity index (χ2v) is 4.43. The normalized spacial score (nSPS) is 10.2. The van der Waals surface area contributed by atoms with Crippen molar-refractivity contribution in [2.45, 2.75) is 19.9 Å². The first-order valence-corrected chi connectivity index (χ1v) is 6.41. The Morgan fingerprint density at radius 2 is 2.20 bits per heavy atom. The first-order valence-electron chi connectivity index (χ1n) is 6.41. The molecule has 0 saturated carbocycles. The number of nitrogens with one attached hydrogen (secondary N) is 1. The number of hydrogen-bond acceptors (Lipinski definition) is 4. The molecular formula is C15H17N3O2. The Labute approximate surface area is 117 Å². The van der Waals surface area contributed by atoms with Crippen LogP contribution in [-0.2, 0) is 13.0 Å². The lowest BCUT2D eigenvalue weighted by Crippen LogP contribution is -2.09. The average molecular weight is 271 g/mol. The van der Waals surface area contributed by atoms with Crippen LogP contribution in [0.4, 0.5) is 11.4 Å². The van der Waals surface area contributed by atoms with Crippen LogP contribution in [0.2, 0.25) is 0 Å². The zero-order valence-electron chi connectivity index (χ0n) is 11.3. The molecule has 0 radical (unpaired) electrons. The van der Waals surface area contributed by atoms with E-state index >= 15 is 0 Å². The van der Waals surface area contributed by atoms with E-state index in [-0.39, 0.29) is 5.56 Å². The topological polar surface area (TPSA) is 88.2 Å². The van der Waals surface area contributed by atoms with E-state index in [0.29, 0.717) is 17.9 Å². The number of anilines is 2. The van der Waals surface area contributed by atoms with Gasteiger partial charge in [-0.05, 0) is 36.2 Å². The van der Waals surface area contributed by atoms with Gasteiger partial charge < -0.3 is 16.2 Å². The van der Waals surface area contributed by atoms with Crippen molar-refractivity contribution in [1.82, 2.24) is 4.98 Å². The lowest BCUT2D eigenvalue weighted by molar-refractivity contribution is 0.0698. The van der Waals surface area contributed by atoms with Gasteiger partial charge >= 0.3 is 5.97 Å². The Bertz CT molecular complexity index is 626. The first-order chi connectivity index (χ1) is 9.61. The number of aryl methyl sites for hydroxylation is 1. The van der Waals surface area contributed by atoms with Crippen molar-refractivity contribution in [2.75, 3.05) is 11.1 Å². The molecule has 1 heterocycles. The summed E-state index contributed by atoms with van der Waals surface area (Å²) in [5.74, 6) is -1.00. The molecule has 0 fully saturated rings. The van der Waals surface area contributed by atoms with Gasteiger partial charge in [0.05, 0.1) is 17.8 Å². The molecule has 2 aromatic rings. The number of pyridine rings is 1. The van der Waals surface area contributed by atoms with E-state index in [1.807, 2.05) is 12.1 Å². The third kappa shape index (κ3) is 3.06. The molecule has 0 aliphatic rings. The summed E-state index contributed by atoms with van der Waals surface area (Å²) in [4.78, 5) is 15.5. The molecule has 0 aliphatic heterocycles. The fourth-order valence-electron chi connectivity index (χ4n) is 2.02. The number of nitrogens with zero attached hydrogens (tertiary/aromatic N) is 1. The largest absolute Gasteiger partial charge is 0.478 e. The average Bonchev–Trinajstić information content (AvgIpc) is 2.46. The van der Waals surface area contributed by atoms with Crippen LogP contribution in [0, 0.1) is 0 Å². The van der Waals surface area contributed by atoms with E-state index in [1.165, 1.54) is 6.07 Å². The number of carbonyl (C=O) groups is 1. The standard InChI is InChI=1S/C15H17N3O2/c1-2-10-4-3-7-17-14(10)9-18-13-6-5-11(16)8-12(13)15(19)20/h3-8,18H,2,9,16H2,1H3,(H,19,20). The Hall–Kier alpha value is -2.56. The van der Waals surface area contributed by atoms with Gasteiger partial charge in [-0.2, -0.15) is 0 Å². The minimum absolute atomic E-state index is 0.166. The summed E-state index contributed by atoms with van der Waals surface area (Å²) in [5.41, 5.74) is 8.82. The molecule has 5 heteroatoms. The van der Waals surface area contributed by atoms with E-state index in [1.54, 1.807) is 18.3 Å². The van der Waals surface area contributed by atoms with Gasteiger partial charge in [-0.25, -0.2) is 4.79 Å². The zero-order valence-corrected chi connectivity index (χ0v) is 11.3. The summed E-state index contributed by atoms with van der Waals surface area (Å²) in [7, 11) is 0. The second-order valence-electron chi connectivity index (χ2n) is 4.43. The molecule has 0 amide bonds. The van der Waals surface area contributed by atoms with Gasteiger partial charge in [-0.3, -0.25) is 4.98 Å². The Kier molecular flexibility index (Phi) is 4.20. The Morgan fingerprint density at radius 1 is 1.40 bits per heavy atom. The van der Waals surface area contributed by atoms with Gasteiger partial charge in [0.15, 0.2) is 0 Å². The molecule has 0 bridgehead atoms. The van der Waals surface area contributed by atoms with E-state index in [0.717, 1.165) is 17.7 Å². The number of nitrogens with two attached hydrogens (primary N) is 1. The summed E-state index contributed by atoms with van der Waals surface area (Å²) < 4.78 is 0. The Balaban J connectivity index is 2.21. The molecular weight excluding hydrogens is 254 g/mol. The number of benzene rings is 1. The van der Waals surface area contributed by atoms with E-state index < -0.39 is 5.97 Å². The molecule has 1 aromatic heterocycles. The molecule has 0 unspecified atom stereocenters. The highest BCUT2D eigenvalue weighted by Crippen LogP contribution is 2.20. The molecule has 0 spiro atoms. The summed E-state index contributed by atoms with van der Waals surface area (Å²) in [5, 5.41) is 12.3. The van der Waals surface area contributed by atoms with Crippen LogP contribution in [0.15, 0.2) is 36.5 Å². The number of aromatic carboxylic acids is 1. The maximum Gasteiger partial charge on any atom is 0.337 e. The Morgan fingerprint density at radius 3 is 2.90 bits per heavy atom. The third-order valence-electron chi connectivity index (χ3n) is 3.09. The molecule has 1 aromatic carbocycles. The number of hydrogen-bond donors (Lipinski definition) is 3. The quantitative estimate of drug-likeness (QED) is 0.727. The second kappa shape index (κ2) is 6.06. The summed E-state index contributed by atoms with van der Waals surface area (Å²) in [6.45, 7) is 2.54. The number of carboxylic acids is 1. The van der Waals surface area contributed by atoms with Crippen molar-refractivity contribution in [3.8, 4) is 0 Å². The van der Waals surface area contributed by atoms with Gasteiger partial charge in [0.25, 0.3) is 0 Å². The minimum atomic E-state index is -1.00. The number of aromatic nitrogens is 1. The van der Waals surface area contributed by atoms with Gasteiger partial charge in [0.1, 0.15) is 0 Å². The fraction of sp³-hybridized carbons (Fsp3) is 0.200. The van der Waals surface area contributed by atoms with Crippen LogP contribution in [-0.4, -0.2) is 16.1 Å². The zero-order chi connectivity index (χ0) is 14.5. The van der Waals surface area contributed by atoms with Crippen molar-refractivity contribution < 1.29 is 9.90 Å². The highest BCUT2D eigenvalue weighted by molar-refractivity contribution is 5.95. The summed E-state index contributed by atoms with van der Waals surface area (Å²) in [6.07, 6.45) is 2.62. The lowest BCUT2D eigenvalue weighted by atomic mass is 10.1. The van der Waals surface area contributed by atoms with Crippen LogP contribution < -0.4 is 11.1 Å². The molecule has 104 valence electrons. The highest BCUT2D eigenvalue weighted by atomic mass is 16.4. The van der Waals surface area contributed by atoms with Crippen LogP contribution in [0.5, 0.6) is 0 Å². The van der Waals surface area contributed by atoms with E-state index in [4.69, 9.17) is 5.73 Å². The summed E-state index contributed by atoms with van der Waals surface area (Å²) >= 11 is 0. The number of rotatable bonds is 5. The van der Waals surface area contributed by atoms with Crippen molar-refractivity contribution in [3.63, 3.8) is 0 Å². The van der Waals surface area contributed by atoms with Crippen LogP contribution in [0.1, 0.15) is 28.5 Å². The van der Waals surface area contributed by atoms with Gasteiger partial charge in [0, 0.05) is 17.6 Å². The van der Waals surface area contributed by atoms with Crippen molar-refractivity contribution >= 4 is 17.3 Å². The molecule has 5 nitrogen and oxygen atoms in total. The molecule has 0 aliphatic carbocycles. The van der Waals surface area contributed by atoms with Crippen LogP contribution >= 0.6 is 0 Å². The van der Waals surface area contributed by atoms with E-state index in [2.05, 4.69) is 17.2 Å². The predicted molar refractivity (Wildman–Crippen MR) is 78.8 cm³/mol. The van der Waals surface area contributed by atoms with Gasteiger partial charge in [-0.1, -0.05) is 13.0 Å². The van der Waals surface area contributed by atoms with Crippen LogP contribution in [0.3, 0.4) is 0 Å². The summed E-state index contributed by atoms with van der Waals surface area (Å²) in [6, 6.07) is 8.71. The smallest absolute Gasteiger partial charge is 0.337 e. The van der Waals surface area contributed by atoms with Gasteiger partial charge in [-0.15, -0.1) is 0 Å². The van der Waals surface area contributed by atoms with Crippen molar-refractivity contribution in [1.29, 1.82) is 0 Å². The molecule has 0 saturated heterocycles. The van der Waals surface area contributed by atoms with Gasteiger partial charge in [0.2, 0.25) is 0 Å². The van der Waals surface area contributed by atoms with Crippen molar-refractivity contribution in [3.05, 3.63) is 53.3 Å². The predicted octanol–water partition coefficient (Wildman–Crippen LogP) is 2.54. The fourth-order valence-corrected chi connectivity index (χ4v) is 2.02. The molecule has 2 rings (SSSR count). The maximum absolute atomic E-state index is 11.2. The molecule has 0 atom stereocenters. The third-order valence-corrected chi connectivity index (χ3v) is 3.09. The van der Waals surface area contributed by atoms with Crippen molar-refractivity contribution in [2.24, 2.45) is 0 Å². The maximum atomic E-state index is 11.2. The number of carboxylic acid groups (broad SMARTS) is 1. The molecule has 20 heavy (non-hydrogen) atoms. The monoisotopic (exact) mass is 271 g/mol. The van der Waals surface area contributed by atoms with E-state index in [9.17, 15) is 9.90 Å². The first kappa shape index (κ1) is 13.9. The lowest BCUT2D eigenvalue weighted by Gasteiger charge is -2.12.